The fraction of sp³-hybridized carbons (Fsp3) is 0.625. The van der Waals surface area contributed by atoms with Crippen LogP contribution in [0.5, 0.6) is 11.5 Å². The summed E-state index contributed by atoms with van der Waals surface area (Å²) in [5.74, 6) is 2.47. The van der Waals surface area contributed by atoms with Gasteiger partial charge in [0.25, 0.3) is 0 Å². The Balaban J connectivity index is 1.82. The number of hydrogen-bond acceptors (Lipinski definition) is 3. The Hall–Kier alpha value is -1.22. The van der Waals surface area contributed by atoms with Crippen LogP contribution in [0.2, 0.25) is 0 Å². The van der Waals surface area contributed by atoms with E-state index in [1.807, 2.05) is 0 Å². The number of hydrogen-bond donors (Lipinski definition) is 1. The zero-order valence-corrected chi connectivity index (χ0v) is 11.9. The maximum Gasteiger partial charge on any atom is 0.161 e. The van der Waals surface area contributed by atoms with Crippen LogP contribution in [-0.2, 0) is 0 Å². The minimum absolute atomic E-state index is 0.0773. The van der Waals surface area contributed by atoms with Crippen LogP contribution in [-0.4, -0.2) is 26.3 Å². The molecule has 0 radical (unpaired) electrons. The second-order valence-corrected chi connectivity index (χ2v) is 6.47. The minimum Gasteiger partial charge on any atom is -0.489 e. The van der Waals surface area contributed by atoms with E-state index in [4.69, 9.17) is 9.47 Å². The van der Waals surface area contributed by atoms with E-state index in [1.165, 1.54) is 18.4 Å². The number of benzene rings is 1. The largest absolute Gasteiger partial charge is 0.489 e. The van der Waals surface area contributed by atoms with Crippen molar-refractivity contribution in [3.05, 3.63) is 23.8 Å². The third-order valence-corrected chi connectivity index (χ3v) is 4.02. The van der Waals surface area contributed by atoms with E-state index < -0.39 is 0 Å². The second kappa shape index (κ2) is 5.04. The molecule has 3 heteroatoms. The molecule has 0 saturated carbocycles. The van der Waals surface area contributed by atoms with E-state index in [0.29, 0.717) is 12.5 Å². The highest BCUT2D eigenvalue weighted by Crippen LogP contribution is 2.37. The zero-order valence-electron chi connectivity index (χ0n) is 11.9. The standard InChI is InChI=1S/C16H23NO2/c1-16(2)10-18-14-4-3-13(9-15(14)19-11-16)12-5-7-17-8-6-12/h3-4,9,12,17H,5-8,10-11H2,1-2H3. The first-order valence-electron chi connectivity index (χ1n) is 7.24. The number of nitrogens with one attached hydrogen (secondary N) is 1. The van der Waals surface area contributed by atoms with Gasteiger partial charge in [0, 0.05) is 5.41 Å². The topological polar surface area (TPSA) is 30.5 Å². The van der Waals surface area contributed by atoms with Gasteiger partial charge in [-0.25, -0.2) is 0 Å². The predicted molar refractivity (Wildman–Crippen MR) is 76.1 cm³/mol. The third-order valence-electron chi connectivity index (χ3n) is 4.02. The Morgan fingerprint density at radius 1 is 1.05 bits per heavy atom. The van der Waals surface area contributed by atoms with E-state index in [-0.39, 0.29) is 5.41 Å². The van der Waals surface area contributed by atoms with Gasteiger partial charge >= 0.3 is 0 Å². The lowest BCUT2D eigenvalue weighted by Gasteiger charge is -2.23. The van der Waals surface area contributed by atoms with Gasteiger partial charge in [-0.2, -0.15) is 0 Å². The molecule has 0 spiro atoms. The summed E-state index contributed by atoms with van der Waals surface area (Å²) in [5.41, 5.74) is 1.47. The van der Waals surface area contributed by atoms with Gasteiger partial charge in [0.05, 0.1) is 13.2 Å². The van der Waals surface area contributed by atoms with Gasteiger partial charge < -0.3 is 14.8 Å². The van der Waals surface area contributed by atoms with Crippen LogP contribution in [0.4, 0.5) is 0 Å². The van der Waals surface area contributed by atoms with Crippen molar-refractivity contribution < 1.29 is 9.47 Å². The molecule has 104 valence electrons. The molecular weight excluding hydrogens is 238 g/mol. The Morgan fingerprint density at radius 2 is 1.74 bits per heavy atom. The predicted octanol–water partition coefficient (Wildman–Crippen LogP) is 2.95. The summed E-state index contributed by atoms with van der Waals surface area (Å²) in [6.07, 6.45) is 2.43. The molecule has 2 aliphatic rings. The first-order valence-corrected chi connectivity index (χ1v) is 7.24. The highest BCUT2D eigenvalue weighted by Gasteiger charge is 2.26. The molecule has 0 amide bonds. The monoisotopic (exact) mass is 261 g/mol. The van der Waals surface area contributed by atoms with Crippen LogP contribution in [0.15, 0.2) is 18.2 Å². The minimum atomic E-state index is 0.0773. The third kappa shape index (κ3) is 2.86. The first-order chi connectivity index (χ1) is 9.14. The smallest absolute Gasteiger partial charge is 0.161 e. The molecule has 0 atom stereocenters. The summed E-state index contributed by atoms with van der Waals surface area (Å²) in [4.78, 5) is 0. The quantitative estimate of drug-likeness (QED) is 0.843. The first kappa shape index (κ1) is 12.8. The van der Waals surface area contributed by atoms with Gasteiger partial charge in [-0.1, -0.05) is 19.9 Å². The van der Waals surface area contributed by atoms with Crippen molar-refractivity contribution in [2.24, 2.45) is 5.41 Å². The lowest BCUT2D eigenvalue weighted by molar-refractivity contribution is 0.140. The number of rotatable bonds is 1. The summed E-state index contributed by atoms with van der Waals surface area (Å²) in [7, 11) is 0. The van der Waals surface area contributed by atoms with E-state index in [2.05, 4.69) is 37.4 Å². The number of ether oxygens (including phenoxy) is 2. The molecule has 3 nitrogen and oxygen atoms in total. The molecule has 0 aliphatic carbocycles. The summed E-state index contributed by atoms with van der Waals surface area (Å²) in [6.45, 7) is 8.01. The van der Waals surface area contributed by atoms with E-state index in [0.717, 1.165) is 31.2 Å². The van der Waals surface area contributed by atoms with Crippen LogP contribution in [0.25, 0.3) is 0 Å². The van der Waals surface area contributed by atoms with Gasteiger partial charge in [0.2, 0.25) is 0 Å². The van der Waals surface area contributed by atoms with Gasteiger partial charge in [-0.15, -0.1) is 0 Å². The average molecular weight is 261 g/mol. The SMILES string of the molecule is CC1(C)COc2ccc(C3CCNCC3)cc2OC1. The van der Waals surface area contributed by atoms with Crippen LogP contribution in [0.3, 0.4) is 0 Å². The van der Waals surface area contributed by atoms with Gasteiger partial charge in [-0.3, -0.25) is 0 Å². The molecular formula is C16H23NO2. The van der Waals surface area contributed by atoms with E-state index in [9.17, 15) is 0 Å². The van der Waals surface area contributed by atoms with Crippen LogP contribution < -0.4 is 14.8 Å². The molecule has 1 fully saturated rings. The molecule has 1 saturated heterocycles. The molecule has 1 N–H and O–H groups in total. The lowest BCUT2D eigenvalue weighted by atomic mass is 9.90. The fourth-order valence-electron chi connectivity index (χ4n) is 2.75. The summed E-state index contributed by atoms with van der Waals surface area (Å²) >= 11 is 0. The van der Waals surface area contributed by atoms with Crippen LogP contribution in [0.1, 0.15) is 38.2 Å². The Kier molecular flexibility index (Phi) is 3.40. The van der Waals surface area contributed by atoms with Gasteiger partial charge in [-0.05, 0) is 49.5 Å². The summed E-state index contributed by atoms with van der Waals surface area (Å²) in [6, 6.07) is 6.47. The maximum atomic E-state index is 5.95. The second-order valence-electron chi connectivity index (χ2n) is 6.47. The van der Waals surface area contributed by atoms with Crippen molar-refractivity contribution in [1.82, 2.24) is 5.32 Å². The molecule has 19 heavy (non-hydrogen) atoms. The molecule has 0 unspecified atom stereocenters. The zero-order chi connectivity index (χ0) is 13.3. The van der Waals surface area contributed by atoms with E-state index >= 15 is 0 Å². The average Bonchev–Trinajstić information content (AvgIpc) is 2.59. The van der Waals surface area contributed by atoms with Crippen LogP contribution in [0, 0.1) is 5.41 Å². The van der Waals surface area contributed by atoms with Gasteiger partial charge in [0.1, 0.15) is 0 Å². The van der Waals surface area contributed by atoms with Crippen molar-refractivity contribution in [3.63, 3.8) is 0 Å². The highest BCUT2D eigenvalue weighted by molar-refractivity contribution is 5.44. The Labute approximate surface area is 115 Å². The van der Waals surface area contributed by atoms with Crippen molar-refractivity contribution in [2.75, 3.05) is 26.3 Å². The fourth-order valence-corrected chi connectivity index (χ4v) is 2.75. The lowest BCUT2D eigenvalue weighted by Crippen LogP contribution is -2.26. The highest BCUT2D eigenvalue weighted by atomic mass is 16.5. The molecule has 3 rings (SSSR count). The normalized spacial score (nSPS) is 22.8. The molecule has 2 aliphatic heterocycles. The summed E-state index contributed by atoms with van der Waals surface area (Å²) < 4.78 is 11.8. The summed E-state index contributed by atoms with van der Waals surface area (Å²) in [5, 5.41) is 3.41. The van der Waals surface area contributed by atoms with Crippen LogP contribution >= 0.6 is 0 Å². The maximum absolute atomic E-state index is 5.95. The van der Waals surface area contributed by atoms with Crippen molar-refractivity contribution in [3.8, 4) is 11.5 Å². The molecule has 1 aromatic carbocycles. The number of piperidine rings is 1. The molecule has 0 bridgehead atoms. The molecule has 0 aromatic heterocycles. The Morgan fingerprint density at radius 3 is 2.47 bits per heavy atom. The van der Waals surface area contributed by atoms with Crippen molar-refractivity contribution in [2.45, 2.75) is 32.6 Å². The Bertz CT molecular complexity index is 450. The molecule has 1 aromatic rings. The van der Waals surface area contributed by atoms with Crippen molar-refractivity contribution >= 4 is 0 Å². The van der Waals surface area contributed by atoms with Gasteiger partial charge in [0.15, 0.2) is 11.5 Å². The van der Waals surface area contributed by atoms with E-state index in [1.54, 1.807) is 0 Å². The molecule has 2 heterocycles. The van der Waals surface area contributed by atoms with Crippen molar-refractivity contribution in [1.29, 1.82) is 0 Å². The number of fused-ring (bicyclic) bond motifs is 1.